The second-order valence-corrected chi connectivity index (χ2v) is 7.23. The van der Waals surface area contributed by atoms with Gasteiger partial charge in [0.05, 0.1) is 18.1 Å². The largest absolute Gasteiger partial charge is 0.375 e. The van der Waals surface area contributed by atoms with Gasteiger partial charge in [0.15, 0.2) is 0 Å². The molecule has 2 heterocycles. The van der Waals surface area contributed by atoms with Gasteiger partial charge in [0.2, 0.25) is 5.91 Å². The number of piperidine rings is 1. The fraction of sp³-hybridized carbons (Fsp3) is 0.941. The van der Waals surface area contributed by atoms with Crippen LogP contribution in [0.15, 0.2) is 0 Å². The summed E-state index contributed by atoms with van der Waals surface area (Å²) in [5, 5.41) is 3.29. The number of carbonyl (C=O) groups excluding carboxylic acids is 1. The summed E-state index contributed by atoms with van der Waals surface area (Å²) in [4.78, 5) is 14.4. The van der Waals surface area contributed by atoms with Crippen LogP contribution in [0.4, 0.5) is 0 Å². The average Bonchev–Trinajstić information content (AvgIpc) is 3.04. The van der Waals surface area contributed by atoms with E-state index in [0.29, 0.717) is 18.1 Å². The normalized spacial score (nSPS) is 35.1. The Morgan fingerprint density at radius 1 is 1.00 bits per heavy atom. The van der Waals surface area contributed by atoms with Gasteiger partial charge < -0.3 is 15.0 Å². The predicted molar refractivity (Wildman–Crippen MR) is 83.1 cm³/mol. The van der Waals surface area contributed by atoms with Crippen molar-refractivity contribution in [1.29, 1.82) is 0 Å². The van der Waals surface area contributed by atoms with Crippen molar-refractivity contribution in [3.8, 4) is 0 Å². The molecule has 0 spiro atoms. The summed E-state index contributed by atoms with van der Waals surface area (Å²) in [6.07, 6.45) is 9.02. The van der Waals surface area contributed by atoms with Gasteiger partial charge in [-0.15, -0.1) is 0 Å². The molecule has 2 saturated heterocycles. The van der Waals surface area contributed by atoms with E-state index in [4.69, 9.17) is 4.74 Å². The van der Waals surface area contributed by atoms with E-state index in [-0.39, 0.29) is 5.92 Å². The van der Waals surface area contributed by atoms with Crippen molar-refractivity contribution < 1.29 is 9.53 Å². The quantitative estimate of drug-likeness (QED) is 0.867. The second-order valence-electron chi connectivity index (χ2n) is 7.23. The smallest absolute Gasteiger partial charge is 0.227 e. The lowest BCUT2D eigenvalue weighted by Crippen LogP contribution is -2.44. The van der Waals surface area contributed by atoms with Gasteiger partial charge in [-0.1, -0.05) is 6.92 Å². The molecule has 3 fully saturated rings. The van der Waals surface area contributed by atoms with Gasteiger partial charge in [0.25, 0.3) is 0 Å². The first-order valence-corrected chi connectivity index (χ1v) is 8.87. The monoisotopic (exact) mass is 294 g/mol. The molecule has 120 valence electrons. The second kappa shape index (κ2) is 7.10. The molecule has 3 aliphatic rings. The average molecular weight is 294 g/mol. The van der Waals surface area contributed by atoms with Crippen molar-refractivity contribution in [3.63, 3.8) is 0 Å². The van der Waals surface area contributed by atoms with E-state index >= 15 is 0 Å². The van der Waals surface area contributed by atoms with Gasteiger partial charge in [-0.05, 0) is 57.4 Å². The zero-order valence-corrected chi connectivity index (χ0v) is 13.4. The lowest BCUT2D eigenvalue weighted by Gasteiger charge is -2.36. The first-order valence-electron chi connectivity index (χ1n) is 8.87. The summed E-state index contributed by atoms with van der Waals surface area (Å²) < 4.78 is 6.28. The molecular formula is C17H30N2O2. The number of amides is 1. The van der Waals surface area contributed by atoms with Crippen molar-refractivity contribution >= 4 is 5.91 Å². The van der Waals surface area contributed by atoms with Gasteiger partial charge in [0, 0.05) is 19.6 Å². The molecule has 1 amide bonds. The third kappa shape index (κ3) is 3.98. The Kier molecular flexibility index (Phi) is 5.17. The molecule has 1 saturated carbocycles. The molecule has 0 aromatic heterocycles. The molecule has 2 aliphatic heterocycles. The number of hydrogen-bond donors (Lipinski definition) is 1. The van der Waals surface area contributed by atoms with Crippen LogP contribution in [0.2, 0.25) is 0 Å². The zero-order valence-electron chi connectivity index (χ0n) is 13.4. The minimum atomic E-state index is 0.224. The van der Waals surface area contributed by atoms with Crippen LogP contribution in [-0.2, 0) is 9.53 Å². The first kappa shape index (κ1) is 15.3. The van der Waals surface area contributed by atoms with E-state index in [1.165, 1.54) is 25.7 Å². The zero-order chi connectivity index (χ0) is 14.7. The maximum Gasteiger partial charge on any atom is 0.227 e. The molecule has 3 rings (SSSR count). The van der Waals surface area contributed by atoms with Gasteiger partial charge in [-0.3, -0.25) is 4.79 Å². The van der Waals surface area contributed by atoms with E-state index in [1.54, 1.807) is 0 Å². The van der Waals surface area contributed by atoms with E-state index in [0.717, 1.165) is 51.4 Å². The lowest BCUT2D eigenvalue weighted by molar-refractivity contribution is -0.138. The van der Waals surface area contributed by atoms with Crippen molar-refractivity contribution in [3.05, 3.63) is 0 Å². The lowest BCUT2D eigenvalue weighted by atomic mass is 9.88. The molecule has 0 aromatic rings. The topological polar surface area (TPSA) is 41.6 Å². The summed E-state index contributed by atoms with van der Waals surface area (Å²) >= 11 is 0. The number of hydrogen-bond acceptors (Lipinski definition) is 3. The highest BCUT2D eigenvalue weighted by atomic mass is 16.5. The fourth-order valence-corrected chi connectivity index (χ4v) is 3.97. The molecule has 0 radical (unpaired) electrons. The highest BCUT2D eigenvalue weighted by molar-refractivity contribution is 5.79. The van der Waals surface area contributed by atoms with Crippen molar-refractivity contribution in [2.75, 3.05) is 26.2 Å². The fourth-order valence-electron chi connectivity index (χ4n) is 3.97. The third-order valence-electron chi connectivity index (χ3n) is 5.51. The highest BCUT2D eigenvalue weighted by Crippen LogP contribution is 2.28. The summed E-state index contributed by atoms with van der Waals surface area (Å²) in [5.41, 5.74) is 0. The molecular weight excluding hydrogens is 264 g/mol. The Labute approximate surface area is 128 Å². The van der Waals surface area contributed by atoms with Gasteiger partial charge in [0.1, 0.15) is 0 Å². The van der Waals surface area contributed by atoms with Crippen molar-refractivity contribution in [2.24, 2.45) is 11.8 Å². The van der Waals surface area contributed by atoms with E-state index < -0.39 is 0 Å². The number of carbonyl (C=O) groups is 1. The SMILES string of the molecule is CC1CCC(OC2CCN(C(=O)C3CCNC3)CC2)CC1. The third-order valence-corrected chi connectivity index (χ3v) is 5.51. The molecule has 21 heavy (non-hydrogen) atoms. The Balaban J connectivity index is 1.39. The summed E-state index contributed by atoms with van der Waals surface area (Å²) in [6.45, 7) is 6.00. The molecule has 1 unspecified atom stereocenters. The van der Waals surface area contributed by atoms with Crippen LogP contribution in [-0.4, -0.2) is 49.2 Å². The van der Waals surface area contributed by atoms with Crippen LogP contribution in [0.5, 0.6) is 0 Å². The molecule has 4 nitrogen and oxygen atoms in total. The summed E-state index contributed by atoms with van der Waals surface area (Å²) in [6, 6.07) is 0. The maximum absolute atomic E-state index is 12.4. The van der Waals surface area contributed by atoms with Crippen molar-refractivity contribution in [1.82, 2.24) is 10.2 Å². The number of nitrogens with zero attached hydrogens (tertiary/aromatic N) is 1. The Hall–Kier alpha value is -0.610. The first-order chi connectivity index (χ1) is 10.2. The predicted octanol–water partition coefficient (Wildman–Crippen LogP) is 2.18. The molecule has 1 atom stereocenters. The number of ether oxygens (including phenoxy) is 1. The summed E-state index contributed by atoms with van der Waals surface area (Å²) in [5.74, 6) is 1.47. The minimum absolute atomic E-state index is 0.224. The minimum Gasteiger partial charge on any atom is -0.375 e. The summed E-state index contributed by atoms with van der Waals surface area (Å²) in [7, 11) is 0. The number of likely N-dealkylation sites (tertiary alicyclic amines) is 1. The number of rotatable bonds is 3. The molecule has 4 heteroatoms. The van der Waals surface area contributed by atoms with E-state index in [1.807, 2.05) is 0 Å². The van der Waals surface area contributed by atoms with Crippen LogP contribution in [0.25, 0.3) is 0 Å². The van der Waals surface area contributed by atoms with E-state index in [2.05, 4.69) is 17.1 Å². The van der Waals surface area contributed by atoms with Crippen molar-refractivity contribution in [2.45, 2.75) is 64.1 Å². The standard InChI is InChI=1S/C17H30N2O2/c1-13-2-4-15(5-3-13)21-16-7-10-19(11-8-16)17(20)14-6-9-18-12-14/h13-16,18H,2-12H2,1H3. The Morgan fingerprint density at radius 2 is 1.67 bits per heavy atom. The maximum atomic E-state index is 12.4. The van der Waals surface area contributed by atoms with Gasteiger partial charge in [-0.2, -0.15) is 0 Å². The molecule has 1 aliphatic carbocycles. The molecule has 0 bridgehead atoms. The Morgan fingerprint density at radius 3 is 2.29 bits per heavy atom. The number of nitrogens with one attached hydrogen (secondary N) is 1. The van der Waals surface area contributed by atoms with E-state index in [9.17, 15) is 4.79 Å². The van der Waals surface area contributed by atoms with Crippen LogP contribution in [0, 0.1) is 11.8 Å². The van der Waals surface area contributed by atoms with Crippen LogP contribution in [0.3, 0.4) is 0 Å². The van der Waals surface area contributed by atoms with Crippen LogP contribution < -0.4 is 5.32 Å². The van der Waals surface area contributed by atoms with Crippen LogP contribution in [0.1, 0.15) is 51.9 Å². The van der Waals surface area contributed by atoms with Crippen LogP contribution >= 0.6 is 0 Å². The van der Waals surface area contributed by atoms with Gasteiger partial charge in [-0.25, -0.2) is 0 Å². The molecule has 0 aromatic carbocycles. The van der Waals surface area contributed by atoms with Gasteiger partial charge >= 0.3 is 0 Å². The Bertz CT molecular complexity index is 339. The molecule has 1 N–H and O–H groups in total. The highest BCUT2D eigenvalue weighted by Gasteiger charge is 2.31.